The van der Waals surface area contributed by atoms with Gasteiger partial charge >= 0.3 is 6.03 Å². The van der Waals surface area contributed by atoms with Crippen LogP contribution in [0.2, 0.25) is 0 Å². The van der Waals surface area contributed by atoms with E-state index in [9.17, 15) is 4.79 Å². The van der Waals surface area contributed by atoms with Crippen LogP contribution in [0.3, 0.4) is 0 Å². The molecular formula is C10H19N5O. The van der Waals surface area contributed by atoms with Gasteiger partial charge in [-0.05, 0) is 13.3 Å². The minimum atomic E-state index is -0.163. The van der Waals surface area contributed by atoms with E-state index in [1.807, 2.05) is 14.0 Å². The molecular weight excluding hydrogens is 206 g/mol. The highest BCUT2D eigenvalue weighted by Crippen LogP contribution is 2.06. The number of unbranched alkanes of at least 4 members (excludes halogenated alkanes) is 1. The van der Waals surface area contributed by atoms with E-state index in [1.54, 1.807) is 10.9 Å². The number of amides is 2. The summed E-state index contributed by atoms with van der Waals surface area (Å²) in [6.07, 6.45) is 3.67. The van der Waals surface area contributed by atoms with Crippen LogP contribution in [0.15, 0.2) is 6.33 Å². The van der Waals surface area contributed by atoms with Gasteiger partial charge < -0.3 is 15.2 Å². The summed E-state index contributed by atoms with van der Waals surface area (Å²) >= 11 is 0. The molecule has 0 saturated heterocycles. The van der Waals surface area contributed by atoms with Gasteiger partial charge in [-0.15, -0.1) is 10.2 Å². The van der Waals surface area contributed by atoms with Gasteiger partial charge in [0.1, 0.15) is 6.33 Å². The van der Waals surface area contributed by atoms with Gasteiger partial charge in [-0.25, -0.2) is 4.79 Å². The zero-order valence-electron chi connectivity index (χ0n) is 10.0. The fraction of sp³-hybridized carbons (Fsp3) is 0.700. The molecule has 90 valence electrons. The topological polar surface area (TPSA) is 71.8 Å². The number of nitrogens with zero attached hydrogens (tertiary/aromatic N) is 3. The second kappa shape index (κ2) is 6.09. The molecule has 0 spiro atoms. The van der Waals surface area contributed by atoms with Crippen molar-refractivity contribution in [3.8, 4) is 0 Å². The quantitative estimate of drug-likeness (QED) is 0.734. The van der Waals surface area contributed by atoms with Gasteiger partial charge in [0.2, 0.25) is 0 Å². The maximum atomic E-state index is 11.5. The molecule has 1 atom stereocenters. The molecule has 0 radical (unpaired) electrons. The number of hydrogen-bond acceptors (Lipinski definition) is 3. The number of aryl methyl sites for hydroxylation is 1. The highest BCUT2D eigenvalue weighted by Gasteiger charge is 2.13. The summed E-state index contributed by atoms with van der Waals surface area (Å²) < 4.78 is 1.79. The molecule has 0 bridgehead atoms. The maximum absolute atomic E-state index is 11.5. The Kier molecular flexibility index (Phi) is 4.75. The van der Waals surface area contributed by atoms with E-state index in [-0.39, 0.29) is 12.1 Å². The molecule has 6 heteroatoms. The number of carbonyl (C=O) groups excluding carboxylic acids is 1. The lowest BCUT2D eigenvalue weighted by molar-refractivity contribution is 0.237. The minimum Gasteiger partial charge on any atom is -0.338 e. The van der Waals surface area contributed by atoms with E-state index in [0.717, 1.165) is 18.7 Å². The monoisotopic (exact) mass is 225 g/mol. The van der Waals surface area contributed by atoms with Crippen molar-refractivity contribution >= 4 is 6.03 Å². The van der Waals surface area contributed by atoms with Crippen molar-refractivity contribution in [2.75, 3.05) is 6.54 Å². The van der Waals surface area contributed by atoms with Gasteiger partial charge in [-0.2, -0.15) is 0 Å². The molecule has 1 aromatic rings. The molecule has 1 rings (SSSR count). The fourth-order valence-electron chi connectivity index (χ4n) is 1.38. The Morgan fingerprint density at radius 3 is 2.94 bits per heavy atom. The summed E-state index contributed by atoms with van der Waals surface area (Å²) in [5.41, 5.74) is 0. The lowest BCUT2D eigenvalue weighted by Gasteiger charge is -2.13. The van der Waals surface area contributed by atoms with Crippen molar-refractivity contribution in [2.45, 2.75) is 32.7 Å². The first kappa shape index (κ1) is 12.5. The molecule has 0 aromatic carbocycles. The summed E-state index contributed by atoms with van der Waals surface area (Å²) in [7, 11) is 1.85. The first-order valence-corrected chi connectivity index (χ1v) is 5.53. The third kappa shape index (κ3) is 3.52. The molecule has 0 aliphatic heterocycles. The van der Waals surface area contributed by atoms with E-state index in [0.29, 0.717) is 6.54 Å². The van der Waals surface area contributed by atoms with Crippen molar-refractivity contribution in [1.29, 1.82) is 0 Å². The third-order valence-electron chi connectivity index (χ3n) is 2.30. The van der Waals surface area contributed by atoms with Crippen molar-refractivity contribution in [3.05, 3.63) is 12.2 Å². The molecule has 0 aliphatic carbocycles. The van der Waals surface area contributed by atoms with Crippen LogP contribution in [-0.2, 0) is 7.05 Å². The standard InChI is InChI=1S/C10H19N5O/c1-4-5-6-11-10(16)13-8(2)9-14-12-7-15(9)3/h7-8H,4-6H2,1-3H3,(H2,11,13,16). The maximum Gasteiger partial charge on any atom is 0.315 e. The van der Waals surface area contributed by atoms with Gasteiger partial charge in [-0.1, -0.05) is 13.3 Å². The first-order chi connectivity index (χ1) is 7.65. The first-order valence-electron chi connectivity index (χ1n) is 5.53. The Morgan fingerprint density at radius 1 is 1.62 bits per heavy atom. The molecule has 16 heavy (non-hydrogen) atoms. The predicted octanol–water partition coefficient (Wildman–Crippen LogP) is 0.975. The molecule has 1 heterocycles. The molecule has 0 fully saturated rings. The third-order valence-corrected chi connectivity index (χ3v) is 2.30. The largest absolute Gasteiger partial charge is 0.338 e. The molecule has 1 unspecified atom stereocenters. The predicted molar refractivity (Wildman–Crippen MR) is 60.9 cm³/mol. The Labute approximate surface area is 95.4 Å². The lowest BCUT2D eigenvalue weighted by atomic mass is 10.3. The zero-order chi connectivity index (χ0) is 12.0. The van der Waals surface area contributed by atoms with Crippen molar-refractivity contribution in [3.63, 3.8) is 0 Å². The zero-order valence-corrected chi connectivity index (χ0v) is 10.0. The van der Waals surface area contributed by atoms with Crippen LogP contribution in [0.4, 0.5) is 4.79 Å². The van der Waals surface area contributed by atoms with Crippen molar-refractivity contribution < 1.29 is 4.79 Å². The summed E-state index contributed by atoms with van der Waals surface area (Å²) in [4.78, 5) is 11.5. The summed E-state index contributed by atoms with van der Waals surface area (Å²) in [6, 6.07) is -0.307. The van der Waals surface area contributed by atoms with Gasteiger partial charge in [-0.3, -0.25) is 0 Å². The molecule has 0 aliphatic rings. The number of urea groups is 1. The Morgan fingerprint density at radius 2 is 2.38 bits per heavy atom. The molecule has 1 aromatic heterocycles. The molecule has 6 nitrogen and oxygen atoms in total. The molecule has 2 N–H and O–H groups in total. The van der Waals surface area contributed by atoms with Crippen LogP contribution in [-0.4, -0.2) is 27.3 Å². The van der Waals surface area contributed by atoms with Crippen LogP contribution in [0.5, 0.6) is 0 Å². The van der Waals surface area contributed by atoms with Crippen molar-refractivity contribution in [2.24, 2.45) is 7.05 Å². The average molecular weight is 225 g/mol. The van der Waals surface area contributed by atoms with E-state index in [4.69, 9.17) is 0 Å². The smallest absolute Gasteiger partial charge is 0.315 e. The number of aromatic nitrogens is 3. The van der Waals surface area contributed by atoms with E-state index >= 15 is 0 Å². The lowest BCUT2D eigenvalue weighted by Crippen LogP contribution is -2.38. The second-order valence-electron chi connectivity index (χ2n) is 3.78. The highest BCUT2D eigenvalue weighted by molar-refractivity contribution is 5.74. The molecule has 2 amide bonds. The van der Waals surface area contributed by atoms with Crippen LogP contribution >= 0.6 is 0 Å². The van der Waals surface area contributed by atoms with Crippen LogP contribution in [0.1, 0.15) is 38.6 Å². The van der Waals surface area contributed by atoms with Crippen molar-refractivity contribution in [1.82, 2.24) is 25.4 Å². The summed E-state index contributed by atoms with van der Waals surface area (Å²) in [5, 5.41) is 13.3. The van der Waals surface area contributed by atoms with Gasteiger partial charge in [0, 0.05) is 13.6 Å². The number of carbonyl (C=O) groups is 1. The highest BCUT2D eigenvalue weighted by atomic mass is 16.2. The molecule has 0 saturated carbocycles. The SMILES string of the molecule is CCCCNC(=O)NC(C)c1nncn1C. The van der Waals surface area contributed by atoms with E-state index < -0.39 is 0 Å². The Balaban J connectivity index is 2.37. The van der Waals surface area contributed by atoms with Gasteiger partial charge in [0.25, 0.3) is 0 Å². The van der Waals surface area contributed by atoms with Crippen LogP contribution < -0.4 is 10.6 Å². The van der Waals surface area contributed by atoms with E-state index in [2.05, 4.69) is 27.8 Å². The number of rotatable bonds is 5. The fourth-order valence-corrected chi connectivity index (χ4v) is 1.38. The summed E-state index contributed by atoms with van der Waals surface area (Å²) in [6.45, 7) is 4.67. The minimum absolute atomic E-state index is 0.144. The Hall–Kier alpha value is -1.59. The number of hydrogen-bond donors (Lipinski definition) is 2. The number of nitrogens with one attached hydrogen (secondary N) is 2. The second-order valence-corrected chi connectivity index (χ2v) is 3.78. The van der Waals surface area contributed by atoms with Gasteiger partial charge in [0.15, 0.2) is 5.82 Å². The van der Waals surface area contributed by atoms with Gasteiger partial charge in [0.05, 0.1) is 6.04 Å². The summed E-state index contributed by atoms with van der Waals surface area (Å²) in [5.74, 6) is 0.741. The average Bonchev–Trinajstić information content (AvgIpc) is 2.65. The van der Waals surface area contributed by atoms with Crippen LogP contribution in [0.25, 0.3) is 0 Å². The Bertz CT molecular complexity index is 336. The van der Waals surface area contributed by atoms with E-state index in [1.165, 1.54) is 0 Å². The normalized spacial score (nSPS) is 12.2. The van der Waals surface area contributed by atoms with Crippen LogP contribution in [0, 0.1) is 0 Å².